The Morgan fingerprint density at radius 3 is 2.67 bits per heavy atom. The van der Waals surface area contributed by atoms with Gasteiger partial charge in [0.2, 0.25) is 0 Å². The van der Waals surface area contributed by atoms with Crippen LogP contribution in [0.15, 0.2) is 14.5 Å². The fraction of sp³-hybridized carbons (Fsp3) is 0.444. The summed E-state index contributed by atoms with van der Waals surface area (Å²) in [4.78, 5) is 25.6. The summed E-state index contributed by atoms with van der Waals surface area (Å²) in [5.41, 5.74) is 0.573. The summed E-state index contributed by atoms with van der Waals surface area (Å²) >= 11 is -0.0398. The normalized spacial score (nSPS) is 11.5. The molecule has 0 bridgehead atoms. The Morgan fingerprint density at radius 2 is 2.07 bits per heavy atom. The Hall–Kier alpha value is -1.13. The summed E-state index contributed by atoms with van der Waals surface area (Å²) in [5, 5.41) is 0. The second-order valence-corrected chi connectivity index (χ2v) is 4.98. The summed E-state index contributed by atoms with van der Waals surface area (Å²) in [7, 11) is 1.67. The molecule has 0 unspecified atom stereocenters. The molecule has 5 nitrogen and oxygen atoms in total. The summed E-state index contributed by atoms with van der Waals surface area (Å²) in [5.74, 6) is 0. The van der Waals surface area contributed by atoms with E-state index in [9.17, 15) is 9.59 Å². The molecule has 0 aliphatic heterocycles. The van der Waals surface area contributed by atoms with E-state index in [0.29, 0.717) is 11.0 Å². The van der Waals surface area contributed by atoms with Gasteiger partial charge in [-0.05, 0) is 0 Å². The van der Waals surface area contributed by atoms with E-state index < -0.39 is 0 Å². The van der Waals surface area contributed by atoms with Crippen LogP contribution in [0.4, 0.5) is 0 Å². The molecule has 15 heavy (non-hydrogen) atoms. The van der Waals surface area contributed by atoms with Crippen molar-refractivity contribution in [3.63, 3.8) is 0 Å². The molecule has 0 saturated carbocycles. The van der Waals surface area contributed by atoms with Gasteiger partial charge in [0.25, 0.3) is 0 Å². The molecule has 0 aromatic carbocycles. The van der Waals surface area contributed by atoms with E-state index in [2.05, 4.69) is 3.98 Å². The zero-order chi connectivity index (χ0) is 11.2. The Morgan fingerprint density at radius 1 is 1.40 bits per heavy atom. The van der Waals surface area contributed by atoms with E-state index in [0.717, 1.165) is 0 Å². The summed E-state index contributed by atoms with van der Waals surface area (Å²) in [6.45, 7) is 3.64. The van der Waals surface area contributed by atoms with Crippen LogP contribution < -0.4 is 11.2 Å². The number of aryl methyl sites for hydroxylation is 1. The Kier molecular flexibility index (Phi) is 2.40. The first-order valence-corrected chi connectivity index (χ1v) is 6.35. The zero-order valence-electron chi connectivity index (χ0n) is 8.72. The van der Waals surface area contributed by atoms with Gasteiger partial charge in [0, 0.05) is 0 Å². The predicted octanol–water partition coefficient (Wildman–Crippen LogP) is -0.267. The third-order valence-electron chi connectivity index (χ3n) is 2.34. The molecule has 0 aliphatic carbocycles. The van der Waals surface area contributed by atoms with Gasteiger partial charge in [0.15, 0.2) is 0 Å². The van der Waals surface area contributed by atoms with Gasteiger partial charge in [-0.25, -0.2) is 0 Å². The van der Waals surface area contributed by atoms with Crippen LogP contribution in [0.5, 0.6) is 0 Å². The molecule has 2 heterocycles. The van der Waals surface area contributed by atoms with E-state index in [4.69, 9.17) is 0 Å². The van der Waals surface area contributed by atoms with Gasteiger partial charge in [-0.2, -0.15) is 0 Å². The third kappa shape index (κ3) is 1.41. The van der Waals surface area contributed by atoms with Gasteiger partial charge >= 0.3 is 91.6 Å². The van der Waals surface area contributed by atoms with Crippen LogP contribution in [-0.2, 0) is 7.05 Å². The van der Waals surface area contributed by atoms with E-state index in [1.54, 1.807) is 7.05 Å². The molecule has 2 aromatic heterocycles. The van der Waals surface area contributed by atoms with Crippen molar-refractivity contribution >= 4 is 25.8 Å². The SMILES string of the molecule is CC(C)n1c(=O)c2n[se]cc2n(C)c1=O. The fourth-order valence-electron chi connectivity index (χ4n) is 1.54. The standard InChI is InChI=1S/C9H11N3O2Se/c1-5(2)12-8(13)7-6(4-15-10-7)11(3)9(12)14/h4-5H,1-3H3. The molecular formula is C9H11N3O2Se. The average molecular weight is 272 g/mol. The van der Waals surface area contributed by atoms with Crippen molar-refractivity contribution in [3.8, 4) is 0 Å². The number of rotatable bonds is 1. The molecule has 0 atom stereocenters. The minimum atomic E-state index is -0.266. The molecular weight excluding hydrogens is 261 g/mol. The van der Waals surface area contributed by atoms with Gasteiger partial charge in [0.05, 0.1) is 0 Å². The number of hydrogen-bond donors (Lipinski definition) is 0. The minimum absolute atomic E-state index is 0.0398. The van der Waals surface area contributed by atoms with Crippen LogP contribution in [0.2, 0.25) is 0 Å². The van der Waals surface area contributed by atoms with Crippen LogP contribution in [0.3, 0.4) is 0 Å². The second-order valence-electron chi connectivity index (χ2n) is 3.66. The first-order chi connectivity index (χ1) is 7.04. The molecule has 0 fully saturated rings. The Balaban J connectivity index is 3.06. The van der Waals surface area contributed by atoms with Gasteiger partial charge in [-0.15, -0.1) is 0 Å². The van der Waals surface area contributed by atoms with Crippen molar-refractivity contribution in [2.24, 2.45) is 7.05 Å². The van der Waals surface area contributed by atoms with Crippen molar-refractivity contribution in [1.29, 1.82) is 0 Å². The summed E-state index contributed by atoms with van der Waals surface area (Å²) in [6.07, 6.45) is 0. The molecule has 2 aromatic rings. The average Bonchev–Trinajstić information content (AvgIpc) is 2.62. The van der Waals surface area contributed by atoms with Gasteiger partial charge < -0.3 is 0 Å². The first-order valence-electron chi connectivity index (χ1n) is 4.59. The number of aromatic nitrogens is 3. The molecule has 0 spiro atoms. The molecule has 6 heteroatoms. The van der Waals surface area contributed by atoms with Crippen molar-refractivity contribution in [2.45, 2.75) is 19.9 Å². The molecule has 0 N–H and O–H groups in total. The molecule has 2 rings (SSSR count). The maximum atomic E-state index is 11.9. The molecule has 0 amide bonds. The van der Waals surface area contributed by atoms with E-state index >= 15 is 0 Å². The Labute approximate surface area is 92.0 Å². The maximum absolute atomic E-state index is 11.9. The van der Waals surface area contributed by atoms with Crippen molar-refractivity contribution in [1.82, 2.24) is 13.1 Å². The van der Waals surface area contributed by atoms with E-state index in [-0.39, 0.29) is 32.0 Å². The molecule has 0 radical (unpaired) electrons. The summed E-state index contributed by atoms with van der Waals surface area (Å²) in [6, 6.07) is -0.134. The van der Waals surface area contributed by atoms with Gasteiger partial charge in [-0.1, -0.05) is 0 Å². The van der Waals surface area contributed by atoms with Crippen molar-refractivity contribution in [2.75, 3.05) is 0 Å². The van der Waals surface area contributed by atoms with Crippen LogP contribution in [0.25, 0.3) is 11.0 Å². The topological polar surface area (TPSA) is 56.9 Å². The van der Waals surface area contributed by atoms with Crippen LogP contribution in [-0.4, -0.2) is 27.8 Å². The second kappa shape index (κ2) is 3.47. The molecule has 0 saturated heterocycles. The monoisotopic (exact) mass is 273 g/mol. The quantitative estimate of drug-likeness (QED) is 0.672. The Bertz CT molecular complexity index is 620. The number of nitrogens with zero attached hydrogens (tertiary/aromatic N) is 3. The van der Waals surface area contributed by atoms with E-state index in [1.807, 2.05) is 18.8 Å². The van der Waals surface area contributed by atoms with E-state index in [1.165, 1.54) is 9.13 Å². The van der Waals surface area contributed by atoms with Crippen molar-refractivity contribution < 1.29 is 0 Å². The van der Waals surface area contributed by atoms with Crippen LogP contribution in [0.1, 0.15) is 19.9 Å². The zero-order valence-corrected chi connectivity index (χ0v) is 10.4. The summed E-state index contributed by atoms with van der Waals surface area (Å²) < 4.78 is 6.90. The third-order valence-corrected chi connectivity index (χ3v) is 3.64. The molecule has 0 aliphatic rings. The van der Waals surface area contributed by atoms with Crippen molar-refractivity contribution in [3.05, 3.63) is 25.8 Å². The fourth-order valence-corrected chi connectivity index (χ4v) is 3.01. The van der Waals surface area contributed by atoms with Crippen LogP contribution in [0, 0.1) is 0 Å². The van der Waals surface area contributed by atoms with Crippen LogP contribution >= 0.6 is 0 Å². The first kappa shape index (κ1) is 10.4. The van der Waals surface area contributed by atoms with Gasteiger partial charge in [-0.3, -0.25) is 0 Å². The van der Waals surface area contributed by atoms with Gasteiger partial charge in [0.1, 0.15) is 0 Å². The number of hydrogen-bond acceptors (Lipinski definition) is 3. The predicted molar refractivity (Wildman–Crippen MR) is 58.6 cm³/mol. The number of fused-ring (bicyclic) bond motifs is 1. The molecule has 80 valence electrons.